The number of azide groups is 1. The summed E-state index contributed by atoms with van der Waals surface area (Å²) in [4.78, 5) is 43.0. The quantitative estimate of drug-likeness (QED) is 0.326. The second-order valence-electron chi connectivity index (χ2n) is 7.46. The zero-order chi connectivity index (χ0) is 19.5. The van der Waals surface area contributed by atoms with Crippen molar-refractivity contribution in [1.29, 1.82) is 0 Å². The van der Waals surface area contributed by atoms with Crippen molar-refractivity contribution >= 4 is 18.0 Å². The van der Waals surface area contributed by atoms with Gasteiger partial charge in [0.25, 0.3) is 0 Å². The van der Waals surface area contributed by atoms with Crippen LogP contribution in [-0.2, 0) is 19.1 Å². The molecule has 0 aromatic rings. The molecule has 2 saturated heterocycles. The van der Waals surface area contributed by atoms with Gasteiger partial charge < -0.3 is 14.4 Å². The molecule has 10 nitrogen and oxygen atoms in total. The van der Waals surface area contributed by atoms with Crippen LogP contribution in [0, 0.1) is 0 Å². The fourth-order valence-corrected chi connectivity index (χ4v) is 3.33. The summed E-state index contributed by atoms with van der Waals surface area (Å²) < 4.78 is 10.1. The molecule has 10 heteroatoms. The molecule has 0 spiro atoms. The highest BCUT2D eigenvalue weighted by atomic mass is 16.6. The van der Waals surface area contributed by atoms with Crippen LogP contribution in [0.2, 0.25) is 0 Å². The van der Waals surface area contributed by atoms with E-state index in [9.17, 15) is 14.4 Å². The van der Waals surface area contributed by atoms with Crippen LogP contribution in [-0.4, -0.2) is 71.7 Å². The lowest BCUT2D eigenvalue weighted by molar-refractivity contribution is -0.152. The smallest absolute Gasteiger partial charge is 0.410 e. The monoisotopic (exact) mass is 367 g/mol. The molecule has 0 aromatic carbocycles. The van der Waals surface area contributed by atoms with Gasteiger partial charge in [0.2, 0.25) is 5.91 Å². The number of carbonyl (C=O) groups excluding carboxylic acids is 3. The SMILES string of the molecule is COC(=O)[C@@H]1CCCN1C(=O)[C@@H]1C[C@H](N=[N+]=[N-])CN1C(=O)OC(C)(C)C. The fourth-order valence-electron chi connectivity index (χ4n) is 3.33. The fraction of sp³-hybridized carbons (Fsp3) is 0.812. The van der Waals surface area contributed by atoms with Crippen LogP contribution >= 0.6 is 0 Å². The molecule has 2 fully saturated rings. The number of amides is 2. The van der Waals surface area contributed by atoms with E-state index in [0.29, 0.717) is 19.4 Å². The second-order valence-corrected chi connectivity index (χ2v) is 7.46. The van der Waals surface area contributed by atoms with Crippen molar-refractivity contribution in [3.8, 4) is 0 Å². The van der Waals surface area contributed by atoms with Crippen LogP contribution in [0.3, 0.4) is 0 Å². The van der Waals surface area contributed by atoms with E-state index < -0.39 is 35.8 Å². The number of rotatable bonds is 3. The lowest BCUT2D eigenvalue weighted by Gasteiger charge is -2.31. The van der Waals surface area contributed by atoms with Crippen LogP contribution < -0.4 is 0 Å². The average Bonchev–Trinajstić information content (AvgIpc) is 3.19. The van der Waals surface area contributed by atoms with Crippen LogP contribution in [0.4, 0.5) is 4.79 Å². The van der Waals surface area contributed by atoms with E-state index in [1.807, 2.05) is 0 Å². The molecule has 2 aliphatic rings. The predicted molar refractivity (Wildman–Crippen MR) is 91.0 cm³/mol. The Morgan fingerprint density at radius 3 is 2.46 bits per heavy atom. The first kappa shape index (κ1) is 19.8. The minimum absolute atomic E-state index is 0.103. The van der Waals surface area contributed by atoms with Crippen molar-refractivity contribution in [2.45, 2.75) is 63.8 Å². The molecule has 2 amide bonds. The maximum atomic E-state index is 13.0. The van der Waals surface area contributed by atoms with Crippen LogP contribution in [0.1, 0.15) is 40.0 Å². The van der Waals surface area contributed by atoms with Gasteiger partial charge in [0.05, 0.1) is 13.2 Å². The molecule has 2 heterocycles. The summed E-state index contributed by atoms with van der Waals surface area (Å²) in [6.07, 6.45) is 0.772. The Kier molecular flexibility index (Phi) is 5.97. The minimum atomic E-state index is -0.828. The van der Waals surface area contributed by atoms with E-state index >= 15 is 0 Å². The first-order chi connectivity index (χ1) is 12.2. The summed E-state index contributed by atoms with van der Waals surface area (Å²) in [5.41, 5.74) is 7.97. The number of nitrogens with zero attached hydrogens (tertiary/aromatic N) is 5. The van der Waals surface area contributed by atoms with Gasteiger partial charge in [0, 0.05) is 18.0 Å². The highest BCUT2D eigenvalue weighted by Crippen LogP contribution is 2.28. The number of likely N-dealkylation sites (tertiary alicyclic amines) is 2. The topological polar surface area (TPSA) is 125 Å². The van der Waals surface area contributed by atoms with Crippen molar-refractivity contribution in [2.75, 3.05) is 20.2 Å². The van der Waals surface area contributed by atoms with E-state index in [1.54, 1.807) is 20.8 Å². The summed E-state index contributed by atoms with van der Waals surface area (Å²) in [5, 5.41) is 3.65. The summed E-state index contributed by atoms with van der Waals surface area (Å²) in [6, 6.07) is -1.99. The molecule has 26 heavy (non-hydrogen) atoms. The third-order valence-corrected chi connectivity index (χ3v) is 4.42. The highest BCUT2D eigenvalue weighted by molar-refractivity contribution is 5.90. The van der Waals surface area contributed by atoms with E-state index in [0.717, 1.165) is 0 Å². The molecule has 0 aliphatic carbocycles. The molecule has 0 radical (unpaired) electrons. The van der Waals surface area contributed by atoms with Gasteiger partial charge in [-0.2, -0.15) is 0 Å². The zero-order valence-corrected chi connectivity index (χ0v) is 15.5. The first-order valence-electron chi connectivity index (χ1n) is 8.60. The average molecular weight is 367 g/mol. The molecule has 0 N–H and O–H groups in total. The number of methoxy groups -OCH3 is 1. The zero-order valence-electron chi connectivity index (χ0n) is 15.5. The Hall–Kier alpha value is -2.48. The standard InChI is InChI=1S/C16H25N5O5/c1-16(2,3)26-15(24)21-9-10(18-19-17)8-12(21)13(22)20-7-5-6-11(20)14(23)25-4/h10-12H,5-9H2,1-4H3/t10-,11-,12-/m0/s1. The molecule has 2 aliphatic heterocycles. The molecule has 2 rings (SSSR count). The number of esters is 1. The van der Waals surface area contributed by atoms with Crippen molar-refractivity contribution in [3.05, 3.63) is 10.4 Å². The van der Waals surface area contributed by atoms with Crippen molar-refractivity contribution < 1.29 is 23.9 Å². The first-order valence-corrected chi connectivity index (χ1v) is 8.60. The lowest BCUT2D eigenvalue weighted by atomic mass is 10.1. The summed E-state index contributed by atoms with van der Waals surface area (Å²) in [5.74, 6) is -0.816. The van der Waals surface area contributed by atoms with Gasteiger partial charge in [0.15, 0.2) is 0 Å². The van der Waals surface area contributed by atoms with Gasteiger partial charge >= 0.3 is 12.1 Å². The van der Waals surface area contributed by atoms with Crippen molar-refractivity contribution in [1.82, 2.24) is 9.80 Å². The lowest BCUT2D eigenvalue weighted by Crippen LogP contribution is -2.51. The van der Waals surface area contributed by atoms with Crippen LogP contribution in [0.5, 0.6) is 0 Å². The second kappa shape index (κ2) is 7.82. The van der Waals surface area contributed by atoms with Gasteiger partial charge in [-0.3, -0.25) is 9.69 Å². The van der Waals surface area contributed by atoms with Gasteiger partial charge in [-0.05, 0) is 45.6 Å². The Bertz CT molecular complexity index is 625. The normalized spacial score (nSPS) is 25.6. The van der Waals surface area contributed by atoms with Crippen LogP contribution in [0.25, 0.3) is 10.4 Å². The molecule has 0 saturated carbocycles. The summed E-state index contributed by atoms with van der Waals surface area (Å²) >= 11 is 0. The summed E-state index contributed by atoms with van der Waals surface area (Å²) in [7, 11) is 1.28. The van der Waals surface area contributed by atoms with E-state index in [2.05, 4.69) is 10.0 Å². The van der Waals surface area contributed by atoms with Gasteiger partial charge in [-0.15, -0.1) is 0 Å². The molecular weight excluding hydrogens is 342 g/mol. The third-order valence-electron chi connectivity index (χ3n) is 4.42. The molecule has 144 valence electrons. The molecule has 0 aromatic heterocycles. The summed E-state index contributed by atoms with van der Waals surface area (Å²) in [6.45, 7) is 5.72. The van der Waals surface area contributed by atoms with Gasteiger partial charge in [-0.25, -0.2) is 9.59 Å². The Balaban J connectivity index is 2.21. The third kappa shape index (κ3) is 4.37. The Labute approximate surface area is 152 Å². The Morgan fingerprint density at radius 2 is 1.88 bits per heavy atom. The van der Waals surface area contributed by atoms with E-state index in [-0.39, 0.29) is 18.9 Å². The molecule has 3 atom stereocenters. The van der Waals surface area contributed by atoms with Gasteiger partial charge in [0.1, 0.15) is 17.7 Å². The number of carbonyl (C=O) groups is 3. The number of hydrogen-bond donors (Lipinski definition) is 0. The van der Waals surface area contributed by atoms with Crippen molar-refractivity contribution in [2.24, 2.45) is 5.11 Å². The van der Waals surface area contributed by atoms with E-state index in [4.69, 9.17) is 15.0 Å². The molecule has 0 unspecified atom stereocenters. The maximum Gasteiger partial charge on any atom is 0.410 e. The minimum Gasteiger partial charge on any atom is -0.467 e. The Morgan fingerprint density at radius 1 is 1.19 bits per heavy atom. The molecular formula is C16H25N5O5. The van der Waals surface area contributed by atoms with Crippen molar-refractivity contribution in [3.63, 3.8) is 0 Å². The largest absolute Gasteiger partial charge is 0.467 e. The van der Waals surface area contributed by atoms with Crippen LogP contribution in [0.15, 0.2) is 5.11 Å². The predicted octanol–water partition coefficient (Wildman–Crippen LogP) is 1.84. The maximum absolute atomic E-state index is 13.0. The number of hydrogen-bond acceptors (Lipinski definition) is 6. The molecule has 0 bridgehead atoms. The number of ether oxygens (including phenoxy) is 2. The highest BCUT2D eigenvalue weighted by Gasteiger charge is 2.46. The van der Waals surface area contributed by atoms with Gasteiger partial charge in [-0.1, -0.05) is 5.11 Å². The van der Waals surface area contributed by atoms with E-state index in [1.165, 1.54) is 16.9 Å².